The number of pyridine rings is 1. The summed E-state index contributed by atoms with van der Waals surface area (Å²) in [5.74, 6) is 0.958. The molecule has 0 saturated heterocycles. The Bertz CT molecular complexity index is 481. The van der Waals surface area contributed by atoms with Crippen LogP contribution in [0.15, 0.2) is 34.2 Å². The number of rotatable bonds is 3. The number of nitrogens with zero attached hydrogens (tertiary/aromatic N) is 1. The van der Waals surface area contributed by atoms with Crippen LogP contribution in [0.2, 0.25) is 0 Å². The molecule has 2 heterocycles. The number of anilines is 1. The molecule has 0 aliphatic carbocycles. The van der Waals surface area contributed by atoms with Gasteiger partial charge in [0, 0.05) is 11.1 Å². The molecule has 0 fully saturated rings. The zero-order valence-electron chi connectivity index (χ0n) is 9.20. The number of halogens is 1. The topological polar surface area (TPSA) is 24.9 Å². The second-order valence-corrected chi connectivity index (χ2v) is 6.17. The molecule has 2 aromatic rings. The van der Waals surface area contributed by atoms with Gasteiger partial charge in [-0.15, -0.1) is 11.3 Å². The van der Waals surface area contributed by atoms with E-state index in [1.165, 1.54) is 10.4 Å². The van der Waals surface area contributed by atoms with Gasteiger partial charge in [-0.1, -0.05) is 6.07 Å². The summed E-state index contributed by atoms with van der Waals surface area (Å²) in [7, 11) is 0. The normalized spacial score (nSPS) is 12.4. The molecular weight excluding hydrogens is 284 g/mol. The van der Waals surface area contributed by atoms with E-state index in [-0.39, 0.29) is 6.04 Å². The monoisotopic (exact) mass is 296 g/mol. The van der Waals surface area contributed by atoms with Gasteiger partial charge in [-0.3, -0.25) is 0 Å². The lowest BCUT2D eigenvalue weighted by atomic mass is 10.2. The molecule has 0 spiro atoms. The van der Waals surface area contributed by atoms with Crippen molar-refractivity contribution in [3.63, 3.8) is 0 Å². The van der Waals surface area contributed by atoms with E-state index >= 15 is 0 Å². The number of aromatic nitrogens is 1. The molecular formula is C12H13BrN2S. The van der Waals surface area contributed by atoms with Crippen molar-refractivity contribution in [3.05, 3.63) is 44.7 Å². The van der Waals surface area contributed by atoms with E-state index in [0.717, 1.165) is 9.60 Å². The maximum absolute atomic E-state index is 4.33. The molecule has 0 aromatic carbocycles. The average molecular weight is 297 g/mol. The number of thiophene rings is 1. The van der Waals surface area contributed by atoms with E-state index in [1.54, 1.807) is 11.3 Å². The van der Waals surface area contributed by atoms with Gasteiger partial charge in [-0.05, 0) is 53.5 Å². The Morgan fingerprint density at radius 3 is 2.81 bits per heavy atom. The largest absolute Gasteiger partial charge is 0.363 e. The molecule has 0 saturated carbocycles. The van der Waals surface area contributed by atoms with E-state index in [2.05, 4.69) is 58.3 Å². The molecule has 0 bridgehead atoms. The summed E-state index contributed by atoms with van der Waals surface area (Å²) in [6.07, 6.45) is 1.81. The first-order valence-corrected chi connectivity index (χ1v) is 6.71. The van der Waals surface area contributed by atoms with Crippen LogP contribution in [0.1, 0.15) is 23.4 Å². The molecule has 0 aliphatic rings. The predicted octanol–water partition coefficient (Wildman–Crippen LogP) is 4.39. The molecule has 2 nitrogen and oxygen atoms in total. The van der Waals surface area contributed by atoms with Crippen molar-refractivity contribution in [1.29, 1.82) is 0 Å². The molecule has 1 unspecified atom stereocenters. The van der Waals surface area contributed by atoms with E-state index in [9.17, 15) is 0 Å². The van der Waals surface area contributed by atoms with Crippen molar-refractivity contribution in [2.75, 3.05) is 5.32 Å². The van der Waals surface area contributed by atoms with Crippen LogP contribution < -0.4 is 5.32 Å². The lowest BCUT2D eigenvalue weighted by Gasteiger charge is -2.14. The number of hydrogen-bond donors (Lipinski definition) is 1. The average Bonchev–Trinajstić information content (AvgIpc) is 2.68. The summed E-state index contributed by atoms with van der Waals surface area (Å²) in [4.78, 5) is 5.64. The molecule has 0 radical (unpaired) electrons. The maximum Gasteiger partial charge on any atom is 0.129 e. The zero-order chi connectivity index (χ0) is 11.5. The molecule has 4 heteroatoms. The van der Waals surface area contributed by atoms with Crippen molar-refractivity contribution in [3.8, 4) is 0 Å². The highest BCUT2D eigenvalue weighted by molar-refractivity contribution is 9.11. The van der Waals surface area contributed by atoms with Crippen LogP contribution in [0.5, 0.6) is 0 Å². The van der Waals surface area contributed by atoms with E-state index in [1.807, 2.05) is 12.3 Å². The summed E-state index contributed by atoms with van der Waals surface area (Å²) < 4.78 is 1.16. The smallest absolute Gasteiger partial charge is 0.129 e. The summed E-state index contributed by atoms with van der Waals surface area (Å²) in [5, 5.41) is 3.42. The van der Waals surface area contributed by atoms with Crippen LogP contribution in [0.4, 0.5) is 5.82 Å². The fraction of sp³-hybridized carbons (Fsp3) is 0.250. The first-order chi connectivity index (χ1) is 7.66. The molecule has 1 atom stereocenters. The van der Waals surface area contributed by atoms with Crippen LogP contribution in [-0.4, -0.2) is 4.98 Å². The number of hydrogen-bond acceptors (Lipinski definition) is 3. The molecule has 0 amide bonds. The Morgan fingerprint density at radius 1 is 1.38 bits per heavy atom. The van der Waals surface area contributed by atoms with Crippen LogP contribution in [-0.2, 0) is 0 Å². The third-order valence-electron chi connectivity index (χ3n) is 2.38. The molecule has 1 N–H and O–H groups in total. The van der Waals surface area contributed by atoms with Crippen molar-refractivity contribution in [2.45, 2.75) is 19.9 Å². The van der Waals surface area contributed by atoms with Gasteiger partial charge in [0.25, 0.3) is 0 Å². The third kappa shape index (κ3) is 2.62. The first kappa shape index (κ1) is 11.6. The van der Waals surface area contributed by atoms with Gasteiger partial charge in [0.2, 0.25) is 0 Å². The van der Waals surface area contributed by atoms with Crippen LogP contribution >= 0.6 is 27.3 Å². The fourth-order valence-electron chi connectivity index (χ4n) is 1.47. The Balaban J connectivity index is 2.13. The number of aryl methyl sites for hydroxylation is 1. The standard InChI is InChI=1S/C12H13BrN2S/c1-8-4-3-7-14-12(8)15-9(2)10-5-6-11(13)16-10/h3-7,9H,1-2H3,(H,14,15). The second-order valence-electron chi connectivity index (χ2n) is 3.68. The lowest BCUT2D eigenvalue weighted by Crippen LogP contribution is -2.07. The van der Waals surface area contributed by atoms with Gasteiger partial charge in [-0.2, -0.15) is 0 Å². The lowest BCUT2D eigenvalue weighted by molar-refractivity contribution is 0.893. The molecule has 2 rings (SSSR count). The highest BCUT2D eigenvalue weighted by Crippen LogP contribution is 2.29. The maximum atomic E-state index is 4.33. The van der Waals surface area contributed by atoms with E-state index in [0.29, 0.717) is 0 Å². The predicted molar refractivity (Wildman–Crippen MR) is 73.0 cm³/mol. The minimum absolute atomic E-state index is 0.282. The SMILES string of the molecule is Cc1cccnc1NC(C)c1ccc(Br)s1. The Kier molecular flexibility index (Phi) is 3.61. The molecule has 0 aliphatic heterocycles. The van der Waals surface area contributed by atoms with Crippen LogP contribution in [0.25, 0.3) is 0 Å². The summed E-state index contributed by atoms with van der Waals surface area (Å²) in [6, 6.07) is 8.50. The van der Waals surface area contributed by atoms with Gasteiger partial charge < -0.3 is 5.32 Å². The summed E-state index contributed by atoms with van der Waals surface area (Å²) >= 11 is 5.22. The minimum atomic E-state index is 0.282. The Labute approximate surface area is 108 Å². The van der Waals surface area contributed by atoms with Gasteiger partial charge >= 0.3 is 0 Å². The number of nitrogens with one attached hydrogen (secondary N) is 1. The highest BCUT2D eigenvalue weighted by Gasteiger charge is 2.09. The molecule has 84 valence electrons. The minimum Gasteiger partial charge on any atom is -0.363 e. The van der Waals surface area contributed by atoms with Crippen molar-refractivity contribution < 1.29 is 0 Å². The zero-order valence-corrected chi connectivity index (χ0v) is 11.6. The van der Waals surface area contributed by atoms with Crippen LogP contribution in [0.3, 0.4) is 0 Å². The second kappa shape index (κ2) is 4.97. The van der Waals surface area contributed by atoms with Crippen molar-refractivity contribution in [2.24, 2.45) is 0 Å². The Hall–Kier alpha value is -0.870. The summed E-state index contributed by atoms with van der Waals surface area (Å²) in [5.41, 5.74) is 1.17. The van der Waals surface area contributed by atoms with Crippen molar-refractivity contribution >= 4 is 33.1 Å². The quantitative estimate of drug-likeness (QED) is 0.909. The van der Waals surface area contributed by atoms with Gasteiger partial charge in [0.15, 0.2) is 0 Å². The molecule has 2 aromatic heterocycles. The highest BCUT2D eigenvalue weighted by atomic mass is 79.9. The first-order valence-electron chi connectivity index (χ1n) is 5.10. The molecule has 16 heavy (non-hydrogen) atoms. The van der Waals surface area contributed by atoms with Crippen molar-refractivity contribution in [1.82, 2.24) is 4.98 Å². The van der Waals surface area contributed by atoms with Gasteiger partial charge in [-0.25, -0.2) is 4.98 Å². The summed E-state index contributed by atoms with van der Waals surface area (Å²) in [6.45, 7) is 4.21. The van der Waals surface area contributed by atoms with E-state index in [4.69, 9.17) is 0 Å². The third-order valence-corrected chi connectivity index (χ3v) is 4.19. The fourth-order valence-corrected chi connectivity index (χ4v) is 2.90. The van der Waals surface area contributed by atoms with E-state index < -0.39 is 0 Å². The van der Waals surface area contributed by atoms with Gasteiger partial charge in [0.1, 0.15) is 5.82 Å². The Morgan fingerprint density at radius 2 is 2.19 bits per heavy atom. The van der Waals surface area contributed by atoms with Crippen LogP contribution in [0, 0.1) is 6.92 Å². The van der Waals surface area contributed by atoms with Gasteiger partial charge in [0.05, 0.1) is 9.83 Å².